The maximum absolute atomic E-state index is 13.3. The highest BCUT2D eigenvalue weighted by atomic mass is 32.2. The van der Waals surface area contributed by atoms with Crippen molar-refractivity contribution < 1.29 is 18.3 Å². The van der Waals surface area contributed by atoms with Crippen LogP contribution in [0.15, 0.2) is 88.1 Å². The first-order valence-corrected chi connectivity index (χ1v) is 10.8. The maximum Gasteiger partial charge on any atom is 0.335 e. The van der Waals surface area contributed by atoms with Crippen LogP contribution in [0.5, 0.6) is 0 Å². The number of anilines is 2. The molecule has 0 saturated carbocycles. The lowest BCUT2D eigenvalue weighted by Crippen LogP contribution is -2.23. The molecule has 0 atom stereocenters. The molecular formula is C21H14N6O4S. The van der Waals surface area contributed by atoms with E-state index < -0.39 is 16.0 Å². The van der Waals surface area contributed by atoms with E-state index in [0.29, 0.717) is 17.1 Å². The number of hydrogen-bond donors (Lipinski definition) is 2. The Morgan fingerprint density at radius 3 is 2.50 bits per heavy atom. The molecule has 2 N–H and O–H groups in total. The summed E-state index contributed by atoms with van der Waals surface area (Å²) < 4.78 is 27.5. The van der Waals surface area contributed by atoms with Crippen LogP contribution in [0.3, 0.4) is 0 Å². The molecule has 1 aliphatic rings. The van der Waals surface area contributed by atoms with Crippen LogP contribution in [0.2, 0.25) is 0 Å². The predicted octanol–water partition coefficient (Wildman–Crippen LogP) is 4.35. The molecule has 158 valence electrons. The molecule has 0 amide bonds. The predicted molar refractivity (Wildman–Crippen MR) is 115 cm³/mol. The van der Waals surface area contributed by atoms with E-state index in [-0.39, 0.29) is 27.7 Å². The standard InChI is InChI=1S/C21H14N6O4S/c28-21(29)14-9-10-15-16(12-14)32(30,31)27-20(23-15)19(25-24-17-8-4-5-11-22-17)18(26-27)13-6-2-1-3-7-13/h1-12,23H,(H,28,29)/b25-24+. The Morgan fingerprint density at radius 2 is 1.78 bits per heavy atom. The maximum atomic E-state index is 13.3. The number of nitrogens with zero attached hydrogens (tertiary/aromatic N) is 5. The van der Waals surface area contributed by atoms with Crippen LogP contribution in [-0.2, 0) is 10.0 Å². The topological polar surface area (TPSA) is 139 Å². The van der Waals surface area contributed by atoms with Crippen molar-refractivity contribution in [2.75, 3.05) is 5.32 Å². The van der Waals surface area contributed by atoms with Gasteiger partial charge in [-0.25, -0.2) is 9.78 Å². The van der Waals surface area contributed by atoms with Crippen LogP contribution in [0.1, 0.15) is 10.4 Å². The highest BCUT2D eigenvalue weighted by molar-refractivity contribution is 7.90. The van der Waals surface area contributed by atoms with Crippen molar-refractivity contribution >= 4 is 39.0 Å². The van der Waals surface area contributed by atoms with Crippen LogP contribution < -0.4 is 5.32 Å². The van der Waals surface area contributed by atoms with E-state index in [1.165, 1.54) is 12.1 Å². The van der Waals surface area contributed by atoms with Gasteiger partial charge in [-0.15, -0.1) is 14.3 Å². The van der Waals surface area contributed by atoms with Crippen LogP contribution in [0.25, 0.3) is 11.3 Å². The lowest BCUT2D eigenvalue weighted by molar-refractivity contribution is 0.0696. The lowest BCUT2D eigenvalue weighted by atomic mass is 10.1. The molecule has 2 aromatic heterocycles. The largest absolute Gasteiger partial charge is 0.478 e. The van der Waals surface area contributed by atoms with E-state index >= 15 is 0 Å². The zero-order valence-electron chi connectivity index (χ0n) is 16.2. The Bertz CT molecular complexity index is 1480. The third kappa shape index (κ3) is 3.20. The van der Waals surface area contributed by atoms with Crippen LogP contribution in [0, 0.1) is 0 Å². The number of carbonyl (C=O) groups is 1. The number of pyridine rings is 1. The van der Waals surface area contributed by atoms with E-state index in [1.807, 2.05) is 6.07 Å². The van der Waals surface area contributed by atoms with Gasteiger partial charge in [-0.2, -0.15) is 13.5 Å². The summed E-state index contributed by atoms with van der Waals surface area (Å²) in [5.41, 5.74) is 1.21. The number of hydrogen-bond acceptors (Lipinski definition) is 8. The number of benzene rings is 2. The molecule has 0 spiro atoms. The zero-order valence-corrected chi connectivity index (χ0v) is 17.1. The summed E-state index contributed by atoms with van der Waals surface area (Å²) in [6.07, 6.45) is 1.57. The summed E-state index contributed by atoms with van der Waals surface area (Å²) in [5.74, 6) is -0.792. The van der Waals surface area contributed by atoms with Gasteiger partial charge in [0.1, 0.15) is 10.6 Å². The Balaban J connectivity index is 1.72. The summed E-state index contributed by atoms with van der Waals surface area (Å²) in [7, 11) is -4.19. The average molecular weight is 446 g/mol. The van der Waals surface area contributed by atoms with Crippen molar-refractivity contribution in [2.45, 2.75) is 4.90 Å². The molecule has 1 aliphatic heterocycles. The molecule has 0 radical (unpaired) electrons. The zero-order chi connectivity index (χ0) is 22.3. The number of rotatable bonds is 4. The van der Waals surface area contributed by atoms with Crippen molar-refractivity contribution in [3.63, 3.8) is 0 Å². The van der Waals surface area contributed by atoms with Crippen molar-refractivity contribution in [1.29, 1.82) is 0 Å². The van der Waals surface area contributed by atoms with E-state index in [2.05, 4.69) is 25.6 Å². The van der Waals surface area contributed by atoms with Gasteiger partial charge in [0.15, 0.2) is 17.3 Å². The fourth-order valence-electron chi connectivity index (χ4n) is 3.26. The average Bonchev–Trinajstić information content (AvgIpc) is 3.18. The number of carboxylic acid groups (broad SMARTS) is 1. The molecule has 2 aromatic carbocycles. The summed E-state index contributed by atoms with van der Waals surface area (Å²) in [4.78, 5) is 15.2. The fourth-order valence-corrected chi connectivity index (χ4v) is 4.68. The Morgan fingerprint density at radius 1 is 1.00 bits per heavy atom. The molecule has 5 rings (SSSR count). The molecule has 4 aromatic rings. The van der Waals surface area contributed by atoms with Gasteiger partial charge >= 0.3 is 5.97 Å². The fraction of sp³-hybridized carbons (Fsp3) is 0. The third-order valence-electron chi connectivity index (χ3n) is 4.77. The molecule has 0 aliphatic carbocycles. The molecule has 0 fully saturated rings. The second kappa shape index (κ2) is 7.39. The van der Waals surface area contributed by atoms with Gasteiger partial charge < -0.3 is 10.4 Å². The van der Waals surface area contributed by atoms with Gasteiger partial charge in [-0.05, 0) is 30.3 Å². The van der Waals surface area contributed by atoms with Crippen LogP contribution in [0.4, 0.5) is 23.0 Å². The number of aromatic nitrogens is 3. The monoisotopic (exact) mass is 446 g/mol. The van der Waals surface area contributed by atoms with Crippen LogP contribution >= 0.6 is 0 Å². The highest BCUT2D eigenvalue weighted by Gasteiger charge is 2.35. The summed E-state index contributed by atoms with van der Waals surface area (Å²) in [5, 5.41) is 25.0. The minimum Gasteiger partial charge on any atom is -0.478 e. The van der Waals surface area contributed by atoms with E-state index in [0.717, 1.165) is 10.2 Å². The first-order chi connectivity index (χ1) is 15.4. The molecule has 11 heteroatoms. The van der Waals surface area contributed by atoms with Gasteiger partial charge in [0, 0.05) is 11.8 Å². The first-order valence-electron chi connectivity index (χ1n) is 9.36. The highest BCUT2D eigenvalue weighted by Crippen LogP contribution is 2.44. The smallest absolute Gasteiger partial charge is 0.335 e. The number of carboxylic acids is 1. The normalized spacial score (nSPS) is 13.9. The third-order valence-corrected chi connectivity index (χ3v) is 6.38. The summed E-state index contributed by atoms with van der Waals surface area (Å²) in [6.45, 7) is 0. The van der Waals surface area contributed by atoms with Crippen molar-refractivity contribution in [1.82, 2.24) is 14.2 Å². The van der Waals surface area contributed by atoms with Gasteiger partial charge in [0.25, 0.3) is 10.0 Å². The molecule has 0 unspecified atom stereocenters. The minimum absolute atomic E-state index is 0.0964. The second-order valence-corrected chi connectivity index (χ2v) is 8.52. The van der Waals surface area contributed by atoms with Crippen molar-refractivity contribution in [2.24, 2.45) is 10.2 Å². The summed E-state index contributed by atoms with van der Waals surface area (Å²) >= 11 is 0. The second-order valence-electron chi connectivity index (χ2n) is 6.79. The molecule has 3 heterocycles. The number of nitrogens with one attached hydrogen (secondary N) is 1. The molecule has 10 nitrogen and oxygen atoms in total. The molecule has 0 bridgehead atoms. The molecule has 0 saturated heterocycles. The quantitative estimate of drug-likeness (QED) is 0.391. The number of aromatic carboxylic acids is 1. The van der Waals surface area contributed by atoms with E-state index in [1.54, 1.807) is 48.7 Å². The first kappa shape index (κ1) is 19.6. The molecule has 32 heavy (non-hydrogen) atoms. The van der Waals surface area contributed by atoms with Crippen molar-refractivity contribution in [3.05, 3.63) is 78.5 Å². The minimum atomic E-state index is -4.19. The lowest BCUT2D eigenvalue weighted by Gasteiger charge is -2.20. The Kier molecular flexibility index (Phi) is 4.52. The van der Waals surface area contributed by atoms with Gasteiger partial charge in [-0.1, -0.05) is 36.4 Å². The van der Waals surface area contributed by atoms with Crippen molar-refractivity contribution in [3.8, 4) is 11.3 Å². The van der Waals surface area contributed by atoms with Gasteiger partial charge in [-0.3, -0.25) is 0 Å². The van der Waals surface area contributed by atoms with E-state index in [4.69, 9.17) is 0 Å². The SMILES string of the molecule is O=C(O)c1ccc2c(c1)S(=O)(=O)n1nc(-c3ccccc3)c(/N=N/c3ccccn3)c1N2. The summed E-state index contributed by atoms with van der Waals surface area (Å²) in [6, 6.07) is 17.9. The van der Waals surface area contributed by atoms with Gasteiger partial charge in [0.2, 0.25) is 0 Å². The van der Waals surface area contributed by atoms with E-state index in [9.17, 15) is 18.3 Å². The Labute approximate surface area is 182 Å². The number of fused-ring (bicyclic) bond motifs is 2. The number of azo groups is 1. The Hall–Kier alpha value is -4.38. The van der Waals surface area contributed by atoms with Gasteiger partial charge in [0.05, 0.1) is 11.3 Å². The van der Waals surface area contributed by atoms with Crippen LogP contribution in [-0.4, -0.2) is 33.7 Å². The molecular weight excluding hydrogens is 432 g/mol.